The second-order valence-electron chi connectivity index (χ2n) is 5.73. The molecule has 1 N–H and O–H groups in total. The Bertz CT molecular complexity index is 1010. The minimum absolute atomic E-state index is 0.182. The minimum Gasteiger partial charge on any atom is -0.441 e. The quantitative estimate of drug-likeness (QED) is 0.475. The lowest BCUT2D eigenvalue weighted by Gasteiger charge is -2.15. The Kier molecular flexibility index (Phi) is 6.22. The Morgan fingerprint density at radius 1 is 1.21 bits per heavy atom. The first-order valence-electron chi connectivity index (χ1n) is 8.22. The van der Waals surface area contributed by atoms with Gasteiger partial charge in [-0.15, -0.1) is 0 Å². The second-order valence-corrected chi connectivity index (χ2v) is 6.23. The van der Waals surface area contributed by atoms with Crippen molar-refractivity contribution in [2.24, 2.45) is 7.05 Å². The normalized spacial score (nSPS) is 11.8. The lowest BCUT2D eigenvalue weighted by atomic mass is 10.2. The summed E-state index contributed by atoms with van der Waals surface area (Å²) >= 11 is 1.15. The average molecular weight is 422 g/mol. The summed E-state index contributed by atoms with van der Waals surface area (Å²) in [5, 5.41) is 6.60. The van der Waals surface area contributed by atoms with Crippen LogP contribution in [0.4, 0.5) is 19.4 Å². The summed E-state index contributed by atoms with van der Waals surface area (Å²) in [6, 6.07) is 0.918. The highest BCUT2D eigenvalue weighted by atomic mass is 32.2. The molecule has 0 saturated carbocycles. The summed E-state index contributed by atoms with van der Waals surface area (Å²) in [5.74, 6) is -0.626. The van der Waals surface area contributed by atoms with Crippen molar-refractivity contribution >= 4 is 24.0 Å². The molecule has 0 aromatic carbocycles. The number of hydrogen-bond donors (Lipinski definition) is 1. The van der Waals surface area contributed by atoms with Gasteiger partial charge in [0.05, 0.1) is 48.0 Å². The number of nitrogens with one attached hydrogen (secondary N) is 1. The second kappa shape index (κ2) is 8.82. The molecule has 152 valence electrons. The van der Waals surface area contributed by atoms with E-state index >= 15 is 0 Å². The van der Waals surface area contributed by atoms with E-state index in [-0.39, 0.29) is 11.4 Å². The zero-order valence-corrected chi connectivity index (χ0v) is 16.4. The number of aromatic nitrogens is 5. The van der Waals surface area contributed by atoms with Crippen LogP contribution in [0.25, 0.3) is 11.4 Å². The van der Waals surface area contributed by atoms with Crippen LogP contribution < -0.4 is 9.50 Å². The van der Waals surface area contributed by atoms with Gasteiger partial charge in [-0.1, -0.05) is 0 Å². The summed E-state index contributed by atoms with van der Waals surface area (Å²) in [4.78, 5) is 23.9. The van der Waals surface area contributed by atoms with Gasteiger partial charge >= 0.3 is 6.09 Å². The van der Waals surface area contributed by atoms with E-state index in [0.717, 1.165) is 24.3 Å². The molecule has 3 aromatic rings. The van der Waals surface area contributed by atoms with Crippen LogP contribution in [0.15, 0.2) is 30.9 Å². The minimum atomic E-state index is -1.07. The Morgan fingerprint density at radius 2 is 1.93 bits per heavy atom. The predicted molar refractivity (Wildman–Crippen MR) is 101 cm³/mol. The third kappa shape index (κ3) is 4.77. The van der Waals surface area contributed by atoms with Gasteiger partial charge in [-0.05, 0) is 13.0 Å². The predicted octanol–water partition coefficient (Wildman–Crippen LogP) is 3.52. The molecule has 0 aliphatic carbocycles. The summed E-state index contributed by atoms with van der Waals surface area (Å²) in [6.07, 6.45) is 4.96. The van der Waals surface area contributed by atoms with Crippen LogP contribution in [0.2, 0.25) is 0 Å². The van der Waals surface area contributed by atoms with E-state index < -0.39 is 24.0 Å². The number of nitrogens with zero attached hydrogens (tertiary/aromatic N) is 5. The van der Waals surface area contributed by atoms with Gasteiger partial charge in [-0.3, -0.25) is 10.00 Å². The van der Waals surface area contributed by atoms with Gasteiger partial charge in [0.15, 0.2) is 11.6 Å². The molecule has 12 heteroatoms. The van der Waals surface area contributed by atoms with Crippen LogP contribution in [0, 0.1) is 11.8 Å². The van der Waals surface area contributed by atoms with Crippen LogP contribution in [0.3, 0.4) is 0 Å². The zero-order chi connectivity index (χ0) is 21.0. The van der Waals surface area contributed by atoms with Crippen LogP contribution in [-0.2, 0) is 11.8 Å². The van der Waals surface area contributed by atoms with E-state index in [0.29, 0.717) is 17.1 Å². The molecule has 0 radical (unpaired) electrons. The maximum atomic E-state index is 13.8. The Morgan fingerprint density at radius 3 is 2.62 bits per heavy atom. The molecular formula is C17H16F2N6O3S. The number of amides is 1. The molecule has 0 fully saturated rings. The molecule has 0 aliphatic rings. The molecule has 3 heterocycles. The standard InChI is InChI=1S/C17H16F2N6O3S/c1-9(12-4-10(18)5-20-14(12)19)27-17(26)24-16-13(8-23-25(16)2)15-21-6-11(7-22-15)28-29-3/h4-9H,1-3H3,(H,24,26). The number of ether oxygens (including phenoxy) is 1. The SMILES string of the molecule is CSOc1cnc(-c2cnn(C)c2NC(=O)OC(C)c2cc(F)cnc2F)nc1. The van der Waals surface area contributed by atoms with E-state index in [4.69, 9.17) is 8.92 Å². The van der Waals surface area contributed by atoms with Crippen molar-refractivity contribution in [3.63, 3.8) is 0 Å². The van der Waals surface area contributed by atoms with Gasteiger partial charge < -0.3 is 8.92 Å². The van der Waals surface area contributed by atoms with Crippen LogP contribution in [0.1, 0.15) is 18.6 Å². The number of rotatable bonds is 6. The molecule has 3 aromatic heterocycles. The van der Waals surface area contributed by atoms with Gasteiger partial charge in [0.25, 0.3) is 0 Å². The fourth-order valence-electron chi connectivity index (χ4n) is 2.42. The zero-order valence-electron chi connectivity index (χ0n) is 15.6. The van der Waals surface area contributed by atoms with E-state index in [2.05, 4.69) is 25.4 Å². The Labute approximate surface area is 168 Å². The van der Waals surface area contributed by atoms with Gasteiger partial charge in [0.1, 0.15) is 17.7 Å². The highest BCUT2D eigenvalue weighted by Crippen LogP contribution is 2.26. The number of anilines is 1. The largest absolute Gasteiger partial charge is 0.441 e. The molecule has 0 saturated heterocycles. The summed E-state index contributed by atoms with van der Waals surface area (Å²) < 4.78 is 38.8. The number of carbonyl (C=O) groups is 1. The van der Waals surface area contributed by atoms with Crippen molar-refractivity contribution < 1.29 is 22.5 Å². The third-order valence-corrected chi connectivity index (χ3v) is 4.12. The molecule has 0 aliphatic heterocycles. The highest BCUT2D eigenvalue weighted by molar-refractivity contribution is 7.94. The van der Waals surface area contributed by atoms with E-state index in [1.807, 2.05) is 0 Å². The van der Waals surface area contributed by atoms with Crippen molar-refractivity contribution in [3.8, 4) is 17.1 Å². The summed E-state index contributed by atoms with van der Waals surface area (Å²) in [6.45, 7) is 1.40. The number of halogens is 2. The lowest BCUT2D eigenvalue weighted by molar-refractivity contribution is 0.118. The molecule has 29 heavy (non-hydrogen) atoms. The molecule has 3 rings (SSSR count). The summed E-state index contributed by atoms with van der Waals surface area (Å²) in [5.41, 5.74) is 0.254. The maximum absolute atomic E-state index is 13.8. The maximum Gasteiger partial charge on any atom is 0.413 e. The average Bonchev–Trinajstić information content (AvgIpc) is 3.05. The highest BCUT2D eigenvalue weighted by Gasteiger charge is 2.21. The smallest absolute Gasteiger partial charge is 0.413 e. The Hall–Kier alpha value is -3.28. The van der Waals surface area contributed by atoms with Gasteiger partial charge in [-0.2, -0.15) is 9.49 Å². The van der Waals surface area contributed by atoms with E-state index in [1.54, 1.807) is 13.3 Å². The monoisotopic (exact) mass is 422 g/mol. The topological polar surface area (TPSA) is 104 Å². The fraction of sp³-hybridized carbons (Fsp3) is 0.235. The van der Waals surface area contributed by atoms with Crippen molar-refractivity contribution in [3.05, 3.63) is 48.2 Å². The van der Waals surface area contributed by atoms with E-state index in [1.165, 1.54) is 30.2 Å². The van der Waals surface area contributed by atoms with Crippen molar-refractivity contribution in [2.45, 2.75) is 13.0 Å². The molecule has 0 bridgehead atoms. The van der Waals surface area contributed by atoms with Crippen LogP contribution in [0.5, 0.6) is 5.75 Å². The molecule has 1 unspecified atom stereocenters. The fourth-order valence-corrected chi connectivity index (χ4v) is 2.70. The lowest BCUT2D eigenvalue weighted by Crippen LogP contribution is -2.19. The molecule has 0 spiro atoms. The molecule has 1 amide bonds. The van der Waals surface area contributed by atoms with E-state index in [9.17, 15) is 13.6 Å². The first-order chi connectivity index (χ1) is 13.9. The molecule has 9 nitrogen and oxygen atoms in total. The van der Waals surface area contributed by atoms with Crippen LogP contribution >= 0.6 is 12.0 Å². The number of hydrogen-bond acceptors (Lipinski definition) is 8. The third-order valence-electron chi connectivity index (χ3n) is 3.76. The molecular weight excluding hydrogens is 406 g/mol. The van der Waals surface area contributed by atoms with Crippen LogP contribution in [-0.4, -0.2) is 37.1 Å². The molecule has 1 atom stereocenters. The number of aryl methyl sites for hydroxylation is 1. The number of carbonyl (C=O) groups excluding carboxylic acids is 1. The number of pyridine rings is 1. The van der Waals surface area contributed by atoms with Crippen molar-refractivity contribution in [1.82, 2.24) is 24.7 Å². The van der Waals surface area contributed by atoms with Crippen molar-refractivity contribution in [2.75, 3.05) is 11.6 Å². The van der Waals surface area contributed by atoms with Gasteiger partial charge in [0.2, 0.25) is 5.95 Å². The summed E-state index contributed by atoms with van der Waals surface area (Å²) in [7, 11) is 1.60. The first-order valence-corrected chi connectivity index (χ1v) is 9.37. The Balaban J connectivity index is 1.75. The van der Waals surface area contributed by atoms with Crippen molar-refractivity contribution in [1.29, 1.82) is 0 Å². The first kappa shape index (κ1) is 20.5. The van der Waals surface area contributed by atoms with Gasteiger partial charge in [0, 0.05) is 13.3 Å². The van der Waals surface area contributed by atoms with Gasteiger partial charge in [-0.25, -0.2) is 24.1 Å².